The van der Waals surface area contributed by atoms with Crippen molar-refractivity contribution in [1.29, 1.82) is 1.43 Å². The van der Waals surface area contributed by atoms with Gasteiger partial charge in [0.2, 0.25) is 0 Å². The Kier molecular flexibility index (Phi) is 6.61. The lowest BCUT2D eigenvalue weighted by molar-refractivity contribution is 0.261. The van der Waals surface area contributed by atoms with Crippen molar-refractivity contribution < 1.29 is 9.85 Å². The van der Waals surface area contributed by atoms with Crippen molar-refractivity contribution >= 4 is 11.1 Å². The van der Waals surface area contributed by atoms with Gasteiger partial charge < -0.3 is 14.7 Å². The number of ether oxygens (including phenoxy) is 1. The zero-order valence-corrected chi connectivity index (χ0v) is 17.4. The van der Waals surface area contributed by atoms with Crippen LogP contribution in [0.5, 0.6) is 11.5 Å². The van der Waals surface area contributed by atoms with Crippen molar-refractivity contribution in [3.63, 3.8) is 0 Å². The van der Waals surface area contributed by atoms with E-state index in [9.17, 15) is 0 Å². The summed E-state index contributed by atoms with van der Waals surface area (Å²) in [5, 5.41) is 4.61. The van der Waals surface area contributed by atoms with Gasteiger partial charge in [-0.3, -0.25) is 0 Å². The molecule has 3 heteroatoms. The summed E-state index contributed by atoms with van der Waals surface area (Å²) in [6.07, 6.45) is 0.900. The number of phenolic OH excluding ortho intramolecular Hbond substituents is 1. The van der Waals surface area contributed by atoms with Crippen molar-refractivity contribution in [3.05, 3.63) is 95.6 Å². The van der Waals surface area contributed by atoms with Crippen LogP contribution in [0.25, 0.3) is 11.1 Å². The summed E-state index contributed by atoms with van der Waals surface area (Å²) < 4.78 is 13.0. The highest BCUT2D eigenvalue weighted by Gasteiger charge is 2.13. The second-order valence-corrected chi connectivity index (χ2v) is 7.27. The van der Waals surface area contributed by atoms with Crippen LogP contribution in [0.15, 0.2) is 78.9 Å². The fourth-order valence-corrected chi connectivity index (χ4v) is 3.37. The molecule has 3 nitrogen and oxygen atoms in total. The van der Waals surface area contributed by atoms with Crippen LogP contribution in [-0.2, 0) is 0 Å². The van der Waals surface area contributed by atoms with E-state index in [2.05, 4.69) is 53.3 Å². The minimum Gasteiger partial charge on any atom is -0.508 e. The maximum atomic E-state index is 7.12. The predicted molar refractivity (Wildman–Crippen MR) is 121 cm³/mol. The first kappa shape index (κ1) is 19.3. The van der Waals surface area contributed by atoms with Crippen LogP contribution in [0.4, 0.5) is 0 Å². The zero-order chi connectivity index (χ0) is 21.3. The molecule has 0 atom stereocenters. The van der Waals surface area contributed by atoms with Gasteiger partial charge in [0.1, 0.15) is 18.1 Å². The van der Waals surface area contributed by atoms with Crippen molar-refractivity contribution in [3.8, 4) is 11.5 Å². The van der Waals surface area contributed by atoms with E-state index in [0.29, 0.717) is 12.4 Å². The summed E-state index contributed by atoms with van der Waals surface area (Å²) in [6, 6.07) is 26.5. The number of hydrogen-bond acceptors (Lipinski definition) is 3. The number of hydrogen-bond donors (Lipinski definition) is 1. The van der Waals surface area contributed by atoms with Crippen molar-refractivity contribution in [2.24, 2.45) is 0 Å². The lowest BCUT2D eigenvalue weighted by Crippen LogP contribution is -2.19. The number of nitrogens with zero attached hydrogens (tertiary/aromatic N) is 1. The number of allylic oxidation sites excluding steroid dienone is 1. The molecule has 0 fully saturated rings. The fourth-order valence-electron chi connectivity index (χ4n) is 3.37. The van der Waals surface area contributed by atoms with Crippen LogP contribution in [-0.4, -0.2) is 38.7 Å². The Morgan fingerprint density at radius 1 is 0.862 bits per heavy atom. The molecule has 0 aliphatic rings. The molecule has 0 spiro atoms. The second-order valence-electron chi connectivity index (χ2n) is 7.27. The second kappa shape index (κ2) is 9.94. The number of phenols is 1. The SMILES string of the molecule is [2H]Oc1ccc(C(=C(CC)c2ccccc2)c2ccc(OCCN(C)C)cc2)cc1. The maximum absolute atomic E-state index is 7.12. The van der Waals surface area contributed by atoms with Crippen molar-refractivity contribution in [2.45, 2.75) is 13.3 Å². The molecule has 3 aromatic carbocycles. The Hall–Kier alpha value is -3.04. The van der Waals surface area contributed by atoms with E-state index in [-0.39, 0.29) is 0 Å². The Balaban J connectivity index is 2.02. The molecule has 1 N–H and O–H groups in total. The molecule has 29 heavy (non-hydrogen) atoms. The number of likely N-dealkylation sites (N-methyl/N-ethyl adjacent to an activating group) is 1. The summed E-state index contributed by atoms with van der Waals surface area (Å²) in [6.45, 7) is 3.72. The Morgan fingerprint density at radius 2 is 1.48 bits per heavy atom. The molecule has 0 amide bonds. The first-order chi connectivity index (χ1) is 14.6. The van der Waals surface area contributed by atoms with Gasteiger partial charge in [0.25, 0.3) is 1.43 Å². The van der Waals surface area contributed by atoms with E-state index in [1.165, 1.54) is 16.7 Å². The molecule has 150 valence electrons. The average Bonchev–Trinajstić information content (AvgIpc) is 2.78. The van der Waals surface area contributed by atoms with Gasteiger partial charge in [-0.2, -0.15) is 0 Å². The van der Waals surface area contributed by atoms with E-state index in [1.54, 1.807) is 0 Å². The van der Waals surface area contributed by atoms with Gasteiger partial charge in [-0.1, -0.05) is 61.5 Å². The first-order valence-electron chi connectivity index (χ1n) is 10.4. The minimum atomic E-state index is 0.528. The molecule has 3 rings (SSSR count). The highest BCUT2D eigenvalue weighted by Crippen LogP contribution is 2.35. The van der Waals surface area contributed by atoms with Crippen LogP contribution >= 0.6 is 0 Å². The highest BCUT2D eigenvalue weighted by molar-refractivity contribution is 5.98. The van der Waals surface area contributed by atoms with Crippen molar-refractivity contribution in [1.82, 2.24) is 4.90 Å². The molecule has 0 unspecified atom stereocenters. The monoisotopic (exact) mass is 388 g/mol. The Labute approximate surface area is 175 Å². The Bertz CT molecular complexity index is 949. The van der Waals surface area contributed by atoms with Crippen LogP contribution in [0.2, 0.25) is 0 Å². The molecule has 0 bridgehead atoms. The summed E-state index contributed by atoms with van der Waals surface area (Å²) >= 11 is 0. The van der Waals surface area contributed by atoms with E-state index >= 15 is 0 Å². The van der Waals surface area contributed by atoms with Crippen LogP contribution in [0.1, 0.15) is 30.0 Å². The van der Waals surface area contributed by atoms with Gasteiger partial charge in [0.05, 0.1) is 0 Å². The molecule has 0 radical (unpaired) electrons. The van der Waals surface area contributed by atoms with Crippen molar-refractivity contribution in [2.75, 3.05) is 27.2 Å². The van der Waals surface area contributed by atoms with Gasteiger partial charge >= 0.3 is 0 Å². The van der Waals surface area contributed by atoms with Gasteiger partial charge in [-0.05, 0) is 72.6 Å². The molecule has 3 aromatic rings. The lowest BCUT2D eigenvalue weighted by atomic mass is 9.88. The van der Waals surface area contributed by atoms with Gasteiger partial charge in [-0.15, -0.1) is 0 Å². The molecular formula is C26H29NO2. The third-order valence-electron chi connectivity index (χ3n) is 4.87. The first-order valence-corrected chi connectivity index (χ1v) is 10.0. The molecule has 0 aliphatic heterocycles. The largest absolute Gasteiger partial charge is 0.508 e. The van der Waals surface area contributed by atoms with E-state index in [1.807, 2.05) is 56.6 Å². The molecule has 0 saturated heterocycles. The smallest absolute Gasteiger partial charge is 0.293 e. The normalized spacial score (nSPS) is 12.3. The van der Waals surface area contributed by atoms with Crippen LogP contribution < -0.4 is 4.74 Å². The zero-order valence-electron chi connectivity index (χ0n) is 18.4. The molecule has 0 heterocycles. The Morgan fingerprint density at radius 3 is 2.03 bits per heavy atom. The quantitative estimate of drug-likeness (QED) is 0.477. The molecular weight excluding hydrogens is 358 g/mol. The lowest BCUT2D eigenvalue weighted by Gasteiger charge is -2.17. The van der Waals surface area contributed by atoms with E-state index in [4.69, 9.17) is 6.17 Å². The minimum absolute atomic E-state index is 0.528. The third-order valence-corrected chi connectivity index (χ3v) is 4.87. The van der Waals surface area contributed by atoms with Gasteiger partial charge in [-0.25, -0.2) is 0 Å². The molecule has 0 aromatic heterocycles. The summed E-state index contributed by atoms with van der Waals surface area (Å²) in [5.41, 5.74) is 5.90. The van der Waals surface area contributed by atoms with E-state index < -0.39 is 0 Å². The number of aromatic hydroxyl groups is 1. The van der Waals surface area contributed by atoms with Gasteiger partial charge in [0.15, 0.2) is 0 Å². The standard InChI is InChI=1S/C26H29NO2/c1-4-25(20-8-6-5-7-9-20)26(21-10-14-23(28)15-11-21)22-12-16-24(17-13-22)29-19-18-27(2)3/h5-17,28H,4,18-19H2,1-3H3/i/hD. The summed E-state index contributed by atoms with van der Waals surface area (Å²) in [7, 11) is 4.08. The maximum Gasteiger partial charge on any atom is 0.293 e. The molecule has 0 aliphatic carbocycles. The highest BCUT2D eigenvalue weighted by atomic mass is 16.5. The van der Waals surface area contributed by atoms with E-state index in [0.717, 1.165) is 29.8 Å². The van der Waals surface area contributed by atoms with Crippen LogP contribution in [0.3, 0.4) is 0 Å². The average molecular weight is 389 g/mol. The van der Waals surface area contributed by atoms with Gasteiger partial charge in [0, 0.05) is 6.54 Å². The predicted octanol–water partition coefficient (Wildman–Crippen LogP) is 5.70. The summed E-state index contributed by atoms with van der Waals surface area (Å²) in [4.78, 5) is 2.10. The fraction of sp³-hybridized carbons (Fsp3) is 0.231. The number of rotatable bonds is 9. The molecule has 0 saturated carbocycles. The summed E-state index contributed by atoms with van der Waals surface area (Å²) in [5.74, 6) is 1.40. The number of benzene rings is 3. The third kappa shape index (κ3) is 5.49. The topological polar surface area (TPSA) is 32.7 Å². The van der Waals surface area contributed by atoms with Crippen LogP contribution in [0, 0.1) is 0 Å².